The van der Waals surface area contributed by atoms with Gasteiger partial charge in [-0.15, -0.1) is 11.8 Å². The second-order valence-electron chi connectivity index (χ2n) is 7.20. The van der Waals surface area contributed by atoms with Crippen LogP contribution in [0.15, 0.2) is 24.3 Å². The van der Waals surface area contributed by atoms with Crippen molar-refractivity contribution >= 4 is 29.3 Å². The summed E-state index contributed by atoms with van der Waals surface area (Å²) in [6.45, 7) is -1.68. The highest BCUT2D eigenvalue weighted by molar-refractivity contribution is 7.99. The van der Waals surface area contributed by atoms with Gasteiger partial charge < -0.3 is 15.0 Å². The third-order valence-corrected chi connectivity index (χ3v) is 6.01. The van der Waals surface area contributed by atoms with Crippen molar-refractivity contribution in [1.29, 1.82) is 0 Å². The van der Waals surface area contributed by atoms with E-state index in [0.29, 0.717) is 22.9 Å². The van der Waals surface area contributed by atoms with Crippen molar-refractivity contribution in [2.24, 2.45) is 5.92 Å². The Morgan fingerprint density at radius 2 is 2.07 bits per heavy atom. The van der Waals surface area contributed by atoms with Crippen LogP contribution < -0.4 is 5.32 Å². The predicted molar refractivity (Wildman–Crippen MR) is 101 cm³/mol. The molecule has 1 atom stereocenters. The van der Waals surface area contributed by atoms with Crippen molar-refractivity contribution < 1.29 is 31.9 Å². The number of rotatable bonds is 8. The second-order valence-corrected chi connectivity index (χ2v) is 8.20. The van der Waals surface area contributed by atoms with E-state index >= 15 is 0 Å². The van der Waals surface area contributed by atoms with Crippen molar-refractivity contribution in [2.45, 2.75) is 44.3 Å². The Morgan fingerprint density at radius 1 is 1.31 bits per heavy atom. The Balaban J connectivity index is 1.55. The molecule has 1 unspecified atom stereocenters. The van der Waals surface area contributed by atoms with Gasteiger partial charge in [0.1, 0.15) is 12.6 Å². The smallest absolute Gasteiger partial charge is 0.330 e. The molecule has 0 radical (unpaired) electrons. The predicted octanol–water partition coefficient (Wildman–Crippen LogP) is 3.74. The standard InChI is InChI=1S/C19H22F4N2O3S/c20-18(21)19(22,23)10-28-8-12-3-1-6-14(7-12)24-16(26)15-9-29-11-25(15)17(27)13-4-2-5-13/h1,3,6-7,13,15,18H,2,4-5,8-11H2,(H,24,26). The van der Waals surface area contributed by atoms with E-state index in [1.165, 1.54) is 17.8 Å². The number of hydrogen-bond donors (Lipinski definition) is 1. The number of alkyl halides is 4. The number of ether oxygens (including phenoxy) is 1. The van der Waals surface area contributed by atoms with Crippen LogP contribution in [0.1, 0.15) is 24.8 Å². The van der Waals surface area contributed by atoms with E-state index in [2.05, 4.69) is 5.32 Å². The molecule has 1 saturated carbocycles. The average Bonchev–Trinajstić information content (AvgIpc) is 3.10. The topological polar surface area (TPSA) is 58.6 Å². The zero-order valence-electron chi connectivity index (χ0n) is 15.6. The molecule has 3 rings (SSSR count). The molecule has 2 fully saturated rings. The molecule has 1 N–H and O–H groups in total. The van der Waals surface area contributed by atoms with Gasteiger partial charge in [-0.1, -0.05) is 18.6 Å². The quantitative estimate of drug-likeness (QED) is 0.634. The van der Waals surface area contributed by atoms with Crippen LogP contribution in [0.4, 0.5) is 23.2 Å². The summed E-state index contributed by atoms with van der Waals surface area (Å²) in [6.07, 6.45) is -1.03. The molecule has 1 heterocycles. The lowest BCUT2D eigenvalue weighted by Gasteiger charge is -2.31. The van der Waals surface area contributed by atoms with Gasteiger partial charge in [0, 0.05) is 17.4 Å². The van der Waals surface area contributed by atoms with Crippen LogP contribution in [0.2, 0.25) is 0 Å². The summed E-state index contributed by atoms with van der Waals surface area (Å²) < 4.78 is 54.8. The molecule has 10 heteroatoms. The van der Waals surface area contributed by atoms with E-state index in [0.717, 1.165) is 19.3 Å². The average molecular weight is 434 g/mol. The third-order valence-electron chi connectivity index (χ3n) is 5.00. The summed E-state index contributed by atoms with van der Waals surface area (Å²) in [5.41, 5.74) is 0.876. The zero-order chi connectivity index (χ0) is 21.0. The molecule has 1 aromatic carbocycles. The summed E-state index contributed by atoms with van der Waals surface area (Å²) in [5.74, 6) is -3.50. The number of amides is 2. The van der Waals surface area contributed by atoms with Gasteiger partial charge in [-0.2, -0.15) is 8.78 Å². The molecule has 29 heavy (non-hydrogen) atoms. The minimum atomic E-state index is -4.21. The molecular weight excluding hydrogens is 412 g/mol. The van der Waals surface area contributed by atoms with Crippen molar-refractivity contribution in [2.75, 3.05) is 23.6 Å². The normalized spacial score (nSPS) is 20.0. The molecule has 1 aliphatic carbocycles. The maximum atomic E-state index is 12.9. The number of nitrogens with zero attached hydrogens (tertiary/aromatic N) is 1. The number of nitrogens with one attached hydrogen (secondary N) is 1. The number of benzene rings is 1. The van der Waals surface area contributed by atoms with Gasteiger partial charge in [-0.3, -0.25) is 9.59 Å². The van der Waals surface area contributed by atoms with Crippen LogP contribution >= 0.6 is 11.8 Å². The first-order chi connectivity index (χ1) is 13.8. The summed E-state index contributed by atoms with van der Waals surface area (Å²) in [6, 6.07) is 5.76. The largest absolute Gasteiger partial charge is 0.370 e. The molecule has 160 valence electrons. The molecule has 0 spiro atoms. The molecule has 2 aliphatic rings. The lowest BCUT2D eigenvalue weighted by molar-refractivity contribution is -0.168. The minimum Gasteiger partial charge on any atom is -0.370 e. The van der Waals surface area contributed by atoms with Gasteiger partial charge in [-0.05, 0) is 30.5 Å². The molecule has 1 aromatic rings. The van der Waals surface area contributed by atoms with E-state index < -0.39 is 25.0 Å². The van der Waals surface area contributed by atoms with Gasteiger partial charge >= 0.3 is 12.3 Å². The number of carbonyl (C=O) groups excluding carboxylic acids is 2. The lowest BCUT2D eigenvalue weighted by atomic mass is 9.84. The van der Waals surface area contributed by atoms with Crippen LogP contribution in [0.5, 0.6) is 0 Å². The van der Waals surface area contributed by atoms with Gasteiger partial charge in [0.25, 0.3) is 0 Å². The number of thioether (sulfide) groups is 1. The van der Waals surface area contributed by atoms with Crippen LogP contribution in [0.3, 0.4) is 0 Å². The summed E-state index contributed by atoms with van der Waals surface area (Å²) in [7, 11) is 0. The first-order valence-corrected chi connectivity index (χ1v) is 10.4. The monoisotopic (exact) mass is 434 g/mol. The molecule has 0 aromatic heterocycles. The number of hydrogen-bond acceptors (Lipinski definition) is 4. The molecule has 5 nitrogen and oxygen atoms in total. The fourth-order valence-electron chi connectivity index (χ4n) is 3.10. The van der Waals surface area contributed by atoms with E-state index in [4.69, 9.17) is 4.74 Å². The lowest BCUT2D eigenvalue weighted by Crippen LogP contribution is -2.47. The third kappa shape index (κ3) is 5.42. The van der Waals surface area contributed by atoms with Crippen molar-refractivity contribution in [1.82, 2.24) is 4.90 Å². The molecule has 2 amide bonds. The number of carbonyl (C=O) groups is 2. The SMILES string of the molecule is O=C(Nc1cccc(COCC(F)(F)C(F)F)c1)C1CSCN1C(=O)C1CCC1. The highest BCUT2D eigenvalue weighted by Gasteiger charge is 2.41. The maximum Gasteiger partial charge on any atom is 0.330 e. The van der Waals surface area contributed by atoms with Crippen molar-refractivity contribution in [3.63, 3.8) is 0 Å². The molecule has 0 bridgehead atoms. The van der Waals surface area contributed by atoms with Gasteiger partial charge in [0.2, 0.25) is 11.8 Å². The summed E-state index contributed by atoms with van der Waals surface area (Å²) >= 11 is 1.52. The minimum absolute atomic E-state index is 0.0100. The van der Waals surface area contributed by atoms with E-state index in [1.807, 2.05) is 0 Å². The van der Waals surface area contributed by atoms with Crippen molar-refractivity contribution in [3.05, 3.63) is 29.8 Å². The van der Waals surface area contributed by atoms with Crippen LogP contribution in [0, 0.1) is 5.92 Å². The maximum absolute atomic E-state index is 12.9. The molecule has 1 aliphatic heterocycles. The fourth-order valence-corrected chi connectivity index (χ4v) is 4.26. The Kier molecular flexibility index (Phi) is 7.05. The first kappa shape index (κ1) is 21.9. The molecule has 1 saturated heterocycles. The van der Waals surface area contributed by atoms with Gasteiger partial charge in [0.15, 0.2) is 0 Å². The Hall–Kier alpha value is -1.81. The Labute approximate surface area is 170 Å². The highest BCUT2D eigenvalue weighted by atomic mass is 32.2. The summed E-state index contributed by atoms with van der Waals surface area (Å²) in [4.78, 5) is 26.8. The molecular formula is C19H22F4N2O3S. The Bertz CT molecular complexity index is 746. The van der Waals surface area contributed by atoms with Gasteiger partial charge in [0.05, 0.1) is 12.5 Å². The van der Waals surface area contributed by atoms with Crippen molar-refractivity contribution in [3.8, 4) is 0 Å². The summed E-state index contributed by atoms with van der Waals surface area (Å²) in [5, 5.41) is 2.74. The first-order valence-electron chi connectivity index (χ1n) is 9.29. The van der Waals surface area contributed by atoms with E-state index in [9.17, 15) is 27.2 Å². The fraction of sp³-hybridized carbons (Fsp3) is 0.579. The van der Waals surface area contributed by atoms with Gasteiger partial charge in [-0.25, -0.2) is 8.78 Å². The number of halogens is 4. The Morgan fingerprint density at radius 3 is 2.72 bits per heavy atom. The number of anilines is 1. The zero-order valence-corrected chi connectivity index (χ0v) is 16.4. The van der Waals surface area contributed by atoms with E-state index in [-0.39, 0.29) is 24.3 Å². The second kappa shape index (κ2) is 9.34. The van der Waals surface area contributed by atoms with E-state index in [1.54, 1.807) is 23.1 Å². The van der Waals surface area contributed by atoms with Crippen LogP contribution in [-0.4, -0.2) is 53.3 Å². The van der Waals surface area contributed by atoms with Crippen LogP contribution in [-0.2, 0) is 20.9 Å². The highest BCUT2D eigenvalue weighted by Crippen LogP contribution is 2.32. The van der Waals surface area contributed by atoms with Crippen LogP contribution in [0.25, 0.3) is 0 Å².